The molecule has 0 amide bonds. The molecule has 2 N–H and O–H groups in total. The van der Waals surface area contributed by atoms with Crippen molar-refractivity contribution in [2.45, 2.75) is 33.2 Å². The quantitative estimate of drug-likeness (QED) is 0.891. The predicted octanol–water partition coefficient (Wildman–Crippen LogP) is 2.90. The van der Waals surface area contributed by atoms with Gasteiger partial charge in [-0.05, 0) is 26.3 Å². The summed E-state index contributed by atoms with van der Waals surface area (Å²) >= 11 is 1.64. The highest BCUT2D eigenvalue weighted by atomic mass is 32.1. The lowest BCUT2D eigenvalue weighted by atomic mass is 10.0. The Bertz CT molecular complexity index is 473. The van der Waals surface area contributed by atoms with E-state index in [1.165, 1.54) is 5.56 Å². The summed E-state index contributed by atoms with van der Waals surface area (Å²) in [6, 6.07) is -0.0244. The molecule has 2 heterocycles. The Morgan fingerprint density at radius 2 is 2.12 bits per heavy atom. The molecule has 0 spiro atoms. The molecular formula is C12H16N2OS. The molecule has 1 atom stereocenters. The van der Waals surface area contributed by atoms with Crippen molar-refractivity contribution in [2.75, 3.05) is 0 Å². The van der Waals surface area contributed by atoms with Gasteiger partial charge in [-0.15, -0.1) is 11.3 Å². The zero-order valence-electron chi connectivity index (χ0n) is 9.78. The van der Waals surface area contributed by atoms with Crippen LogP contribution in [0.4, 0.5) is 0 Å². The molecule has 86 valence electrons. The molecule has 4 heteroatoms. The summed E-state index contributed by atoms with van der Waals surface area (Å²) in [6.07, 6.45) is 2.59. The first-order chi connectivity index (χ1) is 7.59. The lowest BCUT2D eigenvalue weighted by molar-refractivity contribution is 0.496. The molecule has 2 aromatic rings. The number of aryl methyl sites for hydroxylation is 2. The summed E-state index contributed by atoms with van der Waals surface area (Å²) in [5.41, 5.74) is 8.51. The topological polar surface area (TPSA) is 52.0 Å². The van der Waals surface area contributed by atoms with E-state index in [1.807, 2.05) is 25.4 Å². The lowest BCUT2D eigenvalue weighted by Gasteiger charge is -2.10. The summed E-state index contributed by atoms with van der Waals surface area (Å²) in [6.45, 7) is 6.00. The van der Waals surface area contributed by atoms with E-state index in [0.29, 0.717) is 0 Å². The number of thiazole rings is 1. The fraction of sp³-hybridized carbons (Fsp3) is 0.417. The second-order valence-electron chi connectivity index (χ2n) is 3.99. The van der Waals surface area contributed by atoms with Crippen LogP contribution in [0.25, 0.3) is 0 Å². The van der Waals surface area contributed by atoms with Crippen LogP contribution in [0.5, 0.6) is 0 Å². The second kappa shape index (κ2) is 4.39. The zero-order chi connectivity index (χ0) is 11.7. The maximum Gasteiger partial charge on any atom is 0.106 e. The van der Waals surface area contributed by atoms with Crippen LogP contribution in [0.2, 0.25) is 0 Å². The van der Waals surface area contributed by atoms with E-state index in [9.17, 15) is 0 Å². The van der Waals surface area contributed by atoms with Gasteiger partial charge in [-0.25, -0.2) is 4.98 Å². The van der Waals surface area contributed by atoms with E-state index < -0.39 is 0 Å². The van der Waals surface area contributed by atoms with Gasteiger partial charge in [0.15, 0.2) is 0 Å². The standard InChI is InChI=1S/C12H16N2OS/c1-7-8(2)15-9(3)12(7)10(13)6-11-14-4-5-16-11/h4-5,10H,6,13H2,1-3H3. The van der Waals surface area contributed by atoms with Gasteiger partial charge in [-0.1, -0.05) is 0 Å². The highest BCUT2D eigenvalue weighted by Gasteiger charge is 2.18. The highest BCUT2D eigenvalue weighted by Crippen LogP contribution is 2.28. The molecule has 0 saturated carbocycles. The van der Waals surface area contributed by atoms with Crippen molar-refractivity contribution in [2.24, 2.45) is 5.73 Å². The van der Waals surface area contributed by atoms with Crippen LogP contribution < -0.4 is 5.73 Å². The first-order valence-electron chi connectivity index (χ1n) is 5.30. The van der Waals surface area contributed by atoms with Crippen molar-refractivity contribution in [3.63, 3.8) is 0 Å². The number of nitrogens with two attached hydrogens (primary N) is 1. The van der Waals surface area contributed by atoms with Gasteiger partial charge in [0.05, 0.1) is 5.01 Å². The van der Waals surface area contributed by atoms with Crippen molar-refractivity contribution in [3.05, 3.63) is 39.2 Å². The molecule has 0 aliphatic heterocycles. The molecule has 1 unspecified atom stereocenters. The van der Waals surface area contributed by atoms with Crippen LogP contribution in [-0.4, -0.2) is 4.98 Å². The number of nitrogens with zero attached hydrogens (tertiary/aromatic N) is 1. The minimum atomic E-state index is -0.0244. The third-order valence-electron chi connectivity index (χ3n) is 2.87. The van der Waals surface area contributed by atoms with Crippen LogP contribution in [0.3, 0.4) is 0 Å². The maximum absolute atomic E-state index is 6.21. The molecule has 0 aromatic carbocycles. The van der Waals surface area contributed by atoms with Gasteiger partial charge in [0, 0.05) is 29.6 Å². The van der Waals surface area contributed by atoms with Crippen molar-refractivity contribution >= 4 is 11.3 Å². The second-order valence-corrected chi connectivity index (χ2v) is 4.97. The SMILES string of the molecule is Cc1oc(C)c(C(N)Cc2nccs2)c1C. The van der Waals surface area contributed by atoms with E-state index in [0.717, 1.165) is 28.5 Å². The van der Waals surface area contributed by atoms with E-state index in [1.54, 1.807) is 11.3 Å². The fourth-order valence-corrected chi connectivity index (χ4v) is 2.67. The third-order valence-corrected chi connectivity index (χ3v) is 3.67. The van der Waals surface area contributed by atoms with Crippen LogP contribution in [0.1, 0.15) is 33.7 Å². The minimum absolute atomic E-state index is 0.0244. The number of hydrogen-bond donors (Lipinski definition) is 1. The lowest BCUT2D eigenvalue weighted by Crippen LogP contribution is -2.14. The number of aromatic nitrogens is 1. The molecular weight excluding hydrogens is 220 g/mol. The van der Waals surface area contributed by atoms with Gasteiger partial charge in [-0.3, -0.25) is 0 Å². The highest BCUT2D eigenvalue weighted by molar-refractivity contribution is 7.09. The van der Waals surface area contributed by atoms with Gasteiger partial charge in [0.2, 0.25) is 0 Å². The molecule has 2 rings (SSSR count). The normalized spacial score (nSPS) is 13.0. The van der Waals surface area contributed by atoms with Gasteiger partial charge in [0.1, 0.15) is 11.5 Å². The Labute approximate surface area is 99.3 Å². The van der Waals surface area contributed by atoms with Gasteiger partial charge >= 0.3 is 0 Å². The van der Waals surface area contributed by atoms with Crippen LogP contribution in [0.15, 0.2) is 16.0 Å². The van der Waals surface area contributed by atoms with Gasteiger partial charge in [-0.2, -0.15) is 0 Å². The Kier molecular flexibility index (Phi) is 3.12. The summed E-state index contributed by atoms with van der Waals surface area (Å²) in [5, 5.41) is 3.05. The Hall–Kier alpha value is -1.13. The summed E-state index contributed by atoms with van der Waals surface area (Å²) in [4.78, 5) is 4.26. The first-order valence-corrected chi connectivity index (χ1v) is 6.18. The van der Waals surface area contributed by atoms with E-state index in [4.69, 9.17) is 10.2 Å². The molecule has 0 bridgehead atoms. The molecule has 0 fully saturated rings. The minimum Gasteiger partial charge on any atom is -0.466 e. The Balaban J connectivity index is 2.24. The molecule has 0 aliphatic rings. The Morgan fingerprint density at radius 1 is 1.38 bits per heavy atom. The molecule has 2 aromatic heterocycles. The molecule has 0 aliphatic carbocycles. The molecule has 16 heavy (non-hydrogen) atoms. The van der Waals surface area contributed by atoms with E-state index in [2.05, 4.69) is 11.9 Å². The van der Waals surface area contributed by atoms with Gasteiger partial charge < -0.3 is 10.2 Å². The fourth-order valence-electron chi connectivity index (χ4n) is 2.00. The van der Waals surface area contributed by atoms with E-state index >= 15 is 0 Å². The largest absolute Gasteiger partial charge is 0.466 e. The summed E-state index contributed by atoms with van der Waals surface area (Å²) < 4.78 is 5.59. The van der Waals surface area contributed by atoms with Crippen molar-refractivity contribution in [1.82, 2.24) is 4.98 Å². The van der Waals surface area contributed by atoms with E-state index in [-0.39, 0.29) is 6.04 Å². The average Bonchev–Trinajstić information content (AvgIpc) is 2.77. The number of hydrogen-bond acceptors (Lipinski definition) is 4. The van der Waals surface area contributed by atoms with Crippen molar-refractivity contribution < 1.29 is 4.42 Å². The molecule has 0 radical (unpaired) electrons. The number of furan rings is 1. The monoisotopic (exact) mass is 236 g/mol. The third kappa shape index (κ3) is 2.03. The van der Waals surface area contributed by atoms with Crippen LogP contribution >= 0.6 is 11.3 Å². The van der Waals surface area contributed by atoms with Crippen molar-refractivity contribution in [1.29, 1.82) is 0 Å². The van der Waals surface area contributed by atoms with Gasteiger partial charge in [0.25, 0.3) is 0 Å². The maximum atomic E-state index is 6.21. The average molecular weight is 236 g/mol. The predicted molar refractivity (Wildman–Crippen MR) is 65.7 cm³/mol. The first kappa shape index (κ1) is 11.4. The van der Waals surface area contributed by atoms with Crippen molar-refractivity contribution in [3.8, 4) is 0 Å². The Morgan fingerprint density at radius 3 is 2.62 bits per heavy atom. The van der Waals surface area contributed by atoms with Crippen LogP contribution in [-0.2, 0) is 6.42 Å². The number of rotatable bonds is 3. The molecule has 0 saturated heterocycles. The smallest absolute Gasteiger partial charge is 0.106 e. The zero-order valence-corrected chi connectivity index (χ0v) is 10.6. The summed E-state index contributed by atoms with van der Waals surface area (Å²) in [5.74, 6) is 1.89. The van der Waals surface area contributed by atoms with Crippen LogP contribution in [0, 0.1) is 20.8 Å². The molecule has 3 nitrogen and oxygen atoms in total. The summed E-state index contributed by atoms with van der Waals surface area (Å²) in [7, 11) is 0.